The Kier molecular flexibility index (Phi) is 4.20. The zero-order valence-corrected chi connectivity index (χ0v) is 11.1. The Labute approximate surface area is 108 Å². The maximum Gasteiger partial charge on any atom is 0.121 e. The van der Waals surface area contributed by atoms with Crippen LogP contribution in [0.1, 0.15) is 25.1 Å². The van der Waals surface area contributed by atoms with Crippen molar-refractivity contribution in [1.29, 1.82) is 0 Å². The van der Waals surface area contributed by atoms with Gasteiger partial charge in [-0.2, -0.15) is 0 Å². The molecule has 1 heterocycles. The highest BCUT2D eigenvalue weighted by Crippen LogP contribution is 2.21. The molecule has 0 saturated heterocycles. The minimum Gasteiger partial charge on any atom is -0.497 e. The molecule has 2 rings (SSSR count). The summed E-state index contributed by atoms with van der Waals surface area (Å²) in [4.78, 5) is 4.67. The second kappa shape index (κ2) is 5.87. The molecule has 0 spiro atoms. The summed E-state index contributed by atoms with van der Waals surface area (Å²) in [5.41, 5.74) is 7.66. The van der Waals surface area contributed by atoms with Crippen LogP contribution in [0.25, 0.3) is 11.0 Å². The van der Waals surface area contributed by atoms with Crippen LogP contribution in [-0.4, -0.2) is 23.2 Å². The van der Waals surface area contributed by atoms with Gasteiger partial charge in [0.1, 0.15) is 11.6 Å². The Bertz CT molecular complexity index is 519. The molecule has 2 N–H and O–H groups in total. The summed E-state index contributed by atoms with van der Waals surface area (Å²) >= 11 is 0. The van der Waals surface area contributed by atoms with E-state index in [0.29, 0.717) is 0 Å². The average molecular weight is 247 g/mol. The van der Waals surface area contributed by atoms with Gasteiger partial charge in [-0.1, -0.05) is 6.42 Å². The smallest absolute Gasteiger partial charge is 0.121 e. The fourth-order valence-electron chi connectivity index (χ4n) is 2.18. The standard InChI is InChI=1S/C14H21N3O/c1-17-13-8-7-11(18-2)10-12(13)16-14(17)6-4-3-5-9-15/h7-8,10H,3-6,9,15H2,1-2H3. The highest BCUT2D eigenvalue weighted by atomic mass is 16.5. The molecule has 0 aliphatic heterocycles. The van der Waals surface area contributed by atoms with Crippen molar-refractivity contribution in [2.45, 2.75) is 25.7 Å². The first-order valence-electron chi connectivity index (χ1n) is 6.45. The van der Waals surface area contributed by atoms with E-state index >= 15 is 0 Å². The second-order valence-corrected chi connectivity index (χ2v) is 4.54. The number of aromatic nitrogens is 2. The molecule has 1 aromatic heterocycles. The molecular weight excluding hydrogens is 226 g/mol. The van der Waals surface area contributed by atoms with Crippen molar-refractivity contribution in [3.8, 4) is 5.75 Å². The van der Waals surface area contributed by atoms with Crippen molar-refractivity contribution in [3.05, 3.63) is 24.0 Å². The van der Waals surface area contributed by atoms with Crippen molar-refractivity contribution < 1.29 is 4.74 Å². The van der Waals surface area contributed by atoms with Crippen LogP contribution >= 0.6 is 0 Å². The van der Waals surface area contributed by atoms with Crippen molar-refractivity contribution in [2.24, 2.45) is 12.8 Å². The lowest BCUT2D eigenvalue weighted by Gasteiger charge is -2.02. The predicted octanol–water partition coefficient (Wildman–Crippen LogP) is 2.25. The Balaban J connectivity index is 2.16. The second-order valence-electron chi connectivity index (χ2n) is 4.54. The summed E-state index contributed by atoms with van der Waals surface area (Å²) in [7, 11) is 3.75. The van der Waals surface area contributed by atoms with Gasteiger partial charge in [0, 0.05) is 19.5 Å². The summed E-state index contributed by atoms with van der Waals surface area (Å²) in [6.07, 6.45) is 4.42. The Morgan fingerprint density at radius 2 is 2.11 bits per heavy atom. The Hall–Kier alpha value is -1.55. The Morgan fingerprint density at radius 3 is 2.83 bits per heavy atom. The molecule has 18 heavy (non-hydrogen) atoms. The number of nitrogens with two attached hydrogens (primary N) is 1. The normalized spacial score (nSPS) is 11.1. The topological polar surface area (TPSA) is 53.1 Å². The third-order valence-electron chi connectivity index (χ3n) is 3.29. The maximum absolute atomic E-state index is 5.50. The van der Waals surface area contributed by atoms with Crippen LogP contribution in [-0.2, 0) is 13.5 Å². The number of imidazole rings is 1. The van der Waals surface area contributed by atoms with Gasteiger partial charge in [-0.15, -0.1) is 0 Å². The molecule has 0 saturated carbocycles. The summed E-state index contributed by atoms with van der Waals surface area (Å²) in [5, 5.41) is 0. The molecule has 0 amide bonds. The number of aryl methyl sites for hydroxylation is 2. The number of benzene rings is 1. The van der Waals surface area contributed by atoms with Crippen LogP contribution < -0.4 is 10.5 Å². The molecule has 4 heteroatoms. The molecule has 0 bridgehead atoms. The molecule has 98 valence electrons. The van der Waals surface area contributed by atoms with Gasteiger partial charge in [0.05, 0.1) is 18.1 Å². The molecule has 0 atom stereocenters. The molecule has 1 aromatic carbocycles. The van der Waals surface area contributed by atoms with E-state index in [1.807, 2.05) is 12.1 Å². The first-order valence-corrected chi connectivity index (χ1v) is 6.45. The monoisotopic (exact) mass is 247 g/mol. The highest BCUT2D eigenvalue weighted by Gasteiger charge is 2.08. The lowest BCUT2D eigenvalue weighted by atomic mass is 10.2. The average Bonchev–Trinajstić information content (AvgIpc) is 2.71. The first kappa shape index (κ1) is 12.9. The van der Waals surface area contributed by atoms with Crippen molar-refractivity contribution >= 4 is 11.0 Å². The van der Waals surface area contributed by atoms with E-state index in [0.717, 1.165) is 48.4 Å². The summed E-state index contributed by atoms with van der Waals surface area (Å²) in [5.74, 6) is 1.99. The number of hydrogen-bond donors (Lipinski definition) is 1. The number of fused-ring (bicyclic) bond motifs is 1. The molecular formula is C14H21N3O. The van der Waals surface area contributed by atoms with Crippen LogP contribution in [0.5, 0.6) is 5.75 Å². The van der Waals surface area contributed by atoms with Gasteiger partial charge >= 0.3 is 0 Å². The first-order chi connectivity index (χ1) is 8.76. The number of nitrogens with zero attached hydrogens (tertiary/aromatic N) is 2. The highest BCUT2D eigenvalue weighted by molar-refractivity contribution is 5.77. The van der Waals surface area contributed by atoms with E-state index in [-0.39, 0.29) is 0 Å². The van der Waals surface area contributed by atoms with Crippen molar-refractivity contribution in [2.75, 3.05) is 13.7 Å². The van der Waals surface area contributed by atoms with Gasteiger partial charge in [-0.25, -0.2) is 4.98 Å². The number of hydrogen-bond acceptors (Lipinski definition) is 3. The van der Waals surface area contributed by atoms with E-state index in [2.05, 4.69) is 22.7 Å². The summed E-state index contributed by atoms with van der Waals surface area (Å²) in [6.45, 7) is 0.778. The van der Waals surface area contributed by atoms with Crippen LogP contribution in [0.15, 0.2) is 18.2 Å². The lowest BCUT2D eigenvalue weighted by Crippen LogP contribution is -2.01. The van der Waals surface area contributed by atoms with Gasteiger partial charge < -0.3 is 15.0 Å². The van der Waals surface area contributed by atoms with E-state index in [4.69, 9.17) is 10.5 Å². The van der Waals surface area contributed by atoms with E-state index < -0.39 is 0 Å². The molecule has 0 aliphatic rings. The number of rotatable bonds is 6. The van der Waals surface area contributed by atoms with E-state index in [9.17, 15) is 0 Å². The zero-order valence-electron chi connectivity index (χ0n) is 11.1. The minimum absolute atomic E-state index is 0.778. The SMILES string of the molecule is COc1ccc2c(c1)nc(CCCCCN)n2C. The summed E-state index contributed by atoms with van der Waals surface area (Å²) in [6, 6.07) is 6.02. The molecule has 0 aliphatic carbocycles. The summed E-state index contributed by atoms with van der Waals surface area (Å²) < 4.78 is 7.39. The molecule has 0 unspecified atom stereocenters. The third kappa shape index (κ3) is 2.64. The third-order valence-corrected chi connectivity index (χ3v) is 3.29. The van der Waals surface area contributed by atoms with Gasteiger partial charge in [0.2, 0.25) is 0 Å². The van der Waals surface area contributed by atoms with Crippen LogP contribution in [0.3, 0.4) is 0 Å². The molecule has 0 fully saturated rings. The predicted molar refractivity (Wildman–Crippen MR) is 73.9 cm³/mol. The molecule has 4 nitrogen and oxygen atoms in total. The van der Waals surface area contributed by atoms with Crippen LogP contribution in [0.2, 0.25) is 0 Å². The molecule has 2 aromatic rings. The quantitative estimate of drug-likeness (QED) is 0.797. The van der Waals surface area contributed by atoms with E-state index in [1.165, 1.54) is 6.42 Å². The lowest BCUT2D eigenvalue weighted by molar-refractivity contribution is 0.415. The number of methoxy groups -OCH3 is 1. The molecule has 0 radical (unpaired) electrons. The minimum atomic E-state index is 0.778. The van der Waals surface area contributed by atoms with Crippen molar-refractivity contribution in [3.63, 3.8) is 0 Å². The van der Waals surface area contributed by atoms with Crippen molar-refractivity contribution in [1.82, 2.24) is 9.55 Å². The van der Waals surface area contributed by atoms with Crippen LogP contribution in [0, 0.1) is 0 Å². The van der Waals surface area contributed by atoms with Crippen LogP contribution in [0.4, 0.5) is 0 Å². The van der Waals surface area contributed by atoms with Gasteiger partial charge in [-0.05, 0) is 31.5 Å². The van der Waals surface area contributed by atoms with Gasteiger partial charge in [0.25, 0.3) is 0 Å². The zero-order chi connectivity index (χ0) is 13.0. The fourth-order valence-corrected chi connectivity index (χ4v) is 2.18. The fraction of sp³-hybridized carbons (Fsp3) is 0.500. The Morgan fingerprint density at radius 1 is 1.28 bits per heavy atom. The van der Waals surface area contributed by atoms with E-state index in [1.54, 1.807) is 7.11 Å². The number of unbranched alkanes of at least 4 members (excludes halogenated alkanes) is 2. The van der Waals surface area contributed by atoms with Gasteiger partial charge in [-0.3, -0.25) is 0 Å². The number of ether oxygens (including phenoxy) is 1. The van der Waals surface area contributed by atoms with Gasteiger partial charge in [0.15, 0.2) is 0 Å². The largest absolute Gasteiger partial charge is 0.497 e. The maximum atomic E-state index is 5.50.